The molecule has 1 aromatic carbocycles. The second kappa shape index (κ2) is 3.58. The van der Waals surface area contributed by atoms with Crippen LogP contribution in [0.5, 0.6) is 0 Å². The van der Waals surface area contributed by atoms with Crippen molar-refractivity contribution in [2.45, 2.75) is 20.0 Å². The molecule has 0 saturated carbocycles. The van der Waals surface area contributed by atoms with Gasteiger partial charge in [-0.2, -0.15) is 0 Å². The molecule has 1 aromatic rings. The first kappa shape index (κ1) is 9.74. The predicted octanol–water partition coefficient (Wildman–Crippen LogP) is 1.42. The Kier molecular flexibility index (Phi) is 2.68. The molecule has 0 aliphatic carbocycles. The third-order valence-corrected chi connectivity index (χ3v) is 2.08. The molecule has 0 aromatic heterocycles. The summed E-state index contributed by atoms with van der Waals surface area (Å²) in [5.41, 5.74) is 2.50. The Labute approximate surface area is 76.6 Å². The number of aliphatic hydroxyl groups is 1. The molecule has 0 spiro atoms. The van der Waals surface area contributed by atoms with Gasteiger partial charge in [-0.25, -0.2) is 4.79 Å². The van der Waals surface area contributed by atoms with Crippen molar-refractivity contribution in [3.05, 3.63) is 34.9 Å². The van der Waals surface area contributed by atoms with Crippen LogP contribution in [0.15, 0.2) is 18.2 Å². The highest BCUT2D eigenvalue weighted by atomic mass is 16.4. The summed E-state index contributed by atoms with van der Waals surface area (Å²) in [6.07, 6.45) is -1.42. The number of benzene rings is 1. The monoisotopic (exact) mass is 180 g/mol. The molecule has 0 saturated heterocycles. The summed E-state index contributed by atoms with van der Waals surface area (Å²) in [7, 11) is 0. The lowest BCUT2D eigenvalue weighted by Crippen LogP contribution is -2.10. The Bertz CT molecular complexity index is 331. The normalized spacial score (nSPS) is 12.5. The average molecular weight is 180 g/mol. The topological polar surface area (TPSA) is 57.5 Å². The summed E-state index contributed by atoms with van der Waals surface area (Å²) in [5.74, 6) is -1.22. The minimum absolute atomic E-state index is 0.426. The van der Waals surface area contributed by atoms with Crippen molar-refractivity contribution in [1.82, 2.24) is 0 Å². The zero-order valence-corrected chi connectivity index (χ0v) is 7.61. The SMILES string of the molecule is Cc1ccc([C@@H](O)C(=O)O)cc1C. The Morgan fingerprint density at radius 3 is 2.38 bits per heavy atom. The van der Waals surface area contributed by atoms with Gasteiger partial charge in [0.05, 0.1) is 0 Å². The largest absolute Gasteiger partial charge is 0.479 e. The smallest absolute Gasteiger partial charge is 0.337 e. The molecule has 13 heavy (non-hydrogen) atoms. The van der Waals surface area contributed by atoms with Gasteiger partial charge in [-0.3, -0.25) is 0 Å². The molecular weight excluding hydrogens is 168 g/mol. The number of aliphatic hydroxyl groups excluding tert-OH is 1. The van der Waals surface area contributed by atoms with E-state index in [-0.39, 0.29) is 0 Å². The number of rotatable bonds is 2. The van der Waals surface area contributed by atoms with E-state index in [1.165, 1.54) is 0 Å². The number of hydrogen-bond donors (Lipinski definition) is 2. The highest BCUT2D eigenvalue weighted by Crippen LogP contribution is 2.16. The molecule has 0 aliphatic heterocycles. The molecule has 2 N–H and O–H groups in total. The van der Waals surface area contributed by atoms with Gasteiger partial charge >= 0.3 is 5.97 Å². The maximum atomic E-state index is 10.4. The van der Waals surface area contributed by atoms with E-state index >= 15 is 0 Å². The van der Waals surface area contributed by atoms with Crippen LogP contribution in [0.25, 0.3) is 0 Å². The molecule has 1 atom stereocenters. The van der Waals surface area contributed by atoms with Gasteiger partial charge < -0.3 is 10.2 Å². The van der Waals surface area contributed by atoms with E-state index in [4.69, 9.17) is 5.11 Å². The zero-order valence-electron chi connectivity index (χ0n) is 7.61. The van der Waals surface area contributed by atoms with Crippen LogP contribution in [0, 0.1) is 13.8 Å². The van der Waals surface area contributed by atoms with Gasteiger partial charge in [0.1, 0.15) is 0 Å². The Morgan fingerprint density at radius 1 is 1.31 bits per heavy atom. The molecule has 70 valence electrons. The van der Waals surface area contributed by atoms with Crippen LogP contribution < -0.4 is 0 Å². The summed E-state index contributed by atoms with van der Waals surface area (Å²) in [6, 6.07) is 5.12. The molecular formula is C10H12O3. The van der Waals surface area contributed by atoms with Crippen LogP contribution in [0.3, 0.4) is 0 Å². The first-order valence-corrected chi connectivity index (χ1v) is 4.00. The summed E-state index contributed by atoms with van der Waals surface area (Å²) in [4.78, 5) is 10.4. The van der Waals surface area contributed by atoms with E-state index in [1.54, 1.807) is 18.2 Å². The minimum atomic E-state index is -1.42. The Balaban J connectivity index is 3.03. The van der Waals surface area contributed by atoms with Crippen LogP contribution in [0.2, 0.25) is 0 Å². The van der Waals surface area contributed by atoms with Gasteiger partial charge in [0.2, 0.25) is 0 Å². The van der Waals surface area contributed by atoms with Gasteiger partial charge in [0, 0.05) is 0 Å². The highest BCUT2D eigenvalue weighted by molar-refractivity contribution is 5.74. The molecule has 0 unspecified atom stereocenters. The van der Waals surface area contributed by atoms with Crippen molar-refractivity contribution in [1.29, 1.82) is 0 Å². The van der Waals surface area contributed by atoms with Gasteiger partial charge in [-0.15, -0.1) is 0 Å². The number of carbonyl (C=O) groups is 1. The van der Waals surface area contributed by atoms with Gasteiger partial charge in [0.15, 0.2) is 6.10 Å². The standard InChI is InChI=1S/C10H12O3/c1-6-3-4-8(5-7(6)2)9(11)10(12)13/h3-5,9,11H,1-2H3,(H,12,13)/t9-/m1/s1. The van der Waals surface area contributed by atoms with E-state index in [2.05, 4.69) is 0 Å². The lowest BCUT2D eigenvalue weighted by atomic mass is 10.0. The van der Waals surface area contributed by atoms with Crippen molar-refractivity contribution in [2.75, 3.05) is 0 Å². The van der Waals surface area contributed by atoms with Gasteiger partial charge in [-0.05, 0) is 30.5 Å². The highest BCUT2D eigenvalue weighted by Gasteiger charge is 2.15. The Hall–Kier alpha value is -1.35. The van der Waals surface area contributed by atoms with Gasteiger partial charge in [-0.1, -0.05) is 18.2 Å². The lowest BCUT2D eigenvalue weighted by molar-refractivity contribution is -0.146. The fraction of sp³-hybridized carbons (Fsp3) is 0.300. The van der Waals surface area contributed by atoms with E-state index in [1.807, 2.05) is 13.8 Å². The van der Waals surface area contributed by atoms with Crippen LogP contribution >= 0.6 is 0 Å². The molecule has 0 heterocycles. The summed E-state index contributed by atoms with van der Waals surface area (Å²) in [6.45, 7) is 3.82. The van der Waals surface area contributed by atoms with Crippen molar-refractivity contribution in [3.63, 3.8) is 0 Å². The van der Waals surface area contributed by atoms with Crippen molar-refractivity contribution in [3.8, 4) is 0 Å². The first-order valence-electron chi connectivity index (χ1n) is 4.00. The summed E-state index contributed by atoms with van der Waals surface area (Å²) < 4.78 is 0. The van der Waals surface area contributed by atoms with E-state index in [9.17, 15) is 9.90 Å². The van der Waals surface area contributed by atoms with Gasteiger partial charge in [0.25, 0.3) is 0 Å². The lowest BCUT2D eigenvalue weighted by Gasteiger charge is -2.07. The second-order valence-electron chi connectivity index (χ2n) is 3.08. The molecule has 3 heteroatoms. The quantitative estimate of drug-likeness (QED) is 0.723. The molecule has 1 rings (SSSR count). The predicted molar refractivity (Wildman–Crippen MR) is 48.5 cm³/mol. The third kappa shape index (κ3) is 2.06. The number of carboxylic acid groups (broad SMARTS) is 1. The van der Waals surface area contributed by atoms with Crippen molar-refractivity contribution < 1.29 is 15.0 Å². The maximum Gasteiger partial charge on any atom is 0.337 e. The molecule has 3 nitrogen and oxygen atoms in total. The van der Waals surface area contributed by atoms with Crippen LogP contribution in [-0.2, 0) is 4.79 Å². The summed E-state index contributed by atoms with van der Waals surface area (Å²) in [5, 5.41) is 17.8. The van der Waals surface area contributed by atoms with Crippen LogP contribution in [-0.4, -0.2) is 16.2 Å². The first-order chi connectivity index (χ1) is 6.02. The second-order valence-corrected chi connectivity index (χ2v) is 3.08. The van der Waals surface area contributed by atoms with E-state index in [0.717, 1.165) is 11.1 Å². The Morgan fingerprint density at radius 2 is 1.92 bits per heavy atom. The molecule has 0 bridgehead atoms. The number of hydrogen-bond acceptors (Lipinski definition) is 2. The molecule has 0 radical (unpaired) electrons. The number of aryl methyl sites for hydroxylation is 2. The summed E-state index contributed by atoms with van der Waals surface area (Å²) >= 11 is 0. The molecule has 0 fully saturated rings. The zero-order chi connectivity index (χ0) is 10.0. The average Bonchev–Trinajstić information content (AvgIpc) is 2.08. The number of carboxylic acids is 1. The maximum absolute atomic E-state index is 10.4. The minimum Gasteiger partial charge on any atom is -0.479 e. The van der Waals surface area contributed by atoms with Crippen molar-refractivity contribution in [2.24, 2.45) is 0 Å². The van der Waals surface area contributed by atoms with Crippen molar-refractivity contribution >= 4 is 5.97 Å². The van der Waals surface area contributed by atoms with E-state index < -0.39 is 12.1 Å². The number of aliphatic carboxylic acids is 1. The fourth-order valence-electron chi connectivity index (χ4n) is 1.08. The fourth-order valence-corrected chi connectivity index (χ4v) is 1.08. The molecule has 0 aliphatic rings. The van der Waals surface area contributed by atoms with Crippen LogP contribution in [0.4, 0.5) is 0 Å². The third-order valence-electron chi connectivity index (χ3n) is 2.08. The van der Waals surface area contributed by atoms with E-state index in [0.29, 0.717) is 5.56 Å². The van der Waals surface area contributed by atoms with Crippen LogP contribution in [0.1, 0.15) is 22.8 Å². The molecule has 0 amide bonds.